The van der Waals surface area contributed by atoms with E-state index < -0.39 is 21.0 Å². The standard InChI is InChI=1S/C15H18N2O6S/c1-3-21-11-6-5-10(9-13(11)22-4-2)17-15(18)12-7-8-14(23-12)24(16,19)20/h5-9H,3-4H2,1-2H3,(H,17,18)(H2,16,19,20). The summed E-state index contributed by atoms with van der Waals surface area (Å²) in [5.74, 6) is 0.260. The molecule has 130 valence electrons. The van der Waals surface area contributed by atoms with Crippen molar-refractivity contribution >= 4 is 21.6 Å². The number of hydrogen-bond donors (Lipinski definition) is 2. The van der Waals surface area contributed by atoms with Crippen molar-refractivity contribution in [3.63, 3.8) is 0 Å². The third kappa shape index (κ3) is 4.27. The highest BCUT2D eigenvalue weighted by Gasteiger charge is 2.18. The van der Waals surface area contributed by atoms with Crippen molar-refractivity contribution in [3.8, 4) is 11.5 Å². The molecule has 1 amide bonds. The Morgan fingerprint density at radius 2 is 1.79 bits per heavy atom. The third-order valence-electron chi connectivity index (χ3n) is 2.89. The van der Waals surface area contributed by atoms with Crippen LogP contribution in [0.25, 0.3) is 0 Å². The van der Waals surface area contributed by atoms with E-state index in [2.05, 4.69) is 5.32 Å². The number of hydrogen-bond acceptors (Lipinski definition) is 6. The first-order chi connectivity index (χ1) is 11.3. The fourth-order valence-electron chi connectivity index (χ4n) is 1.92. The van der Waals surface area contributed by atoms with Gasteiger partial charge < -0.3 is 19.2 Å². The van der Waals surface area contributed by atoms with Crippen molar-refractivity contribution in [2.24, 2.45) is 5.14 Å². The van der Waals surface area contributed by atoms with E-state index in [0.29, 0.717) is 30.4 Å². The quantitative estimate of drug-likeness (QED) is 0.784. The maximum Gasteiger partial charge on any atom is 0.291 e. The molecule has 2 aromatic rings. The molecule has 0 radical (unpaired) electrons. The average Bonchev–Trinajstić information content (AvgIpc) is 3.00. The Morgan fingerprint density at radius 3 is 2.38 bits per heavy atom. The van der Waals surface area contributed by atoms with Gasteiger partial charge in [0.05, 0.1) is 13.2 Å². The summed E-state index contributed by atoms with van der Waals surface area (Å²) in [6, 6.07) is 7.26. The lowest BCUT2D eigenvalue weighted by Crippen LogP contribution is -2.13. The number of primary sulfonamides is 1. The summed E-state index contributed by atoms with van der Waals surface area (Å²) in [6.07, 6.45) is 0. The van der Waals surface area contributed by atoms with Crippen LogP contribution in [0.4, 0.5) is 5.69 Å². The highest BCUT2D eigenvalue weighted by Crippen LogP contribution is 2.30. The van der Waals surface area contributed by atoms with Gasteiger partial charge in [0, 0.05) is 11.8 Å². The van der Waals surface area contributed by atoms with E-state index in [9.17, 15) is 13.2 Å². The Labute approximate surface area is 139 Å². The van der Waals surface area contributed by atoms with Crippen LogP contribution in [0, 0.1) is 0 Å². The molecule has 0 aliphatic rings. The molecule has 3 N–H and O–H groups in total. The Hall–Kier alpha value is -2.52. The SMILES string of the molecule is CCOc1ccc(NC(=O)c2ccc(S(N)(=O)=O)o2)cc1OCC. The van der Waals surface area contributed by atoms with Crippen molar-refractivity contribution in [2.75, 3.05) is 18.5 Å². The minimum Gasteiger partial charge on any atom is -0.490 e. The molecule has 0 aliphatic heterocycles. The predicted molar refractivity (Wildman–Crippen MR) is 86.8 cm³/mol. The van der Waals surface area contributed by atoms with Gasteiger partial charge in [0.1, 0.15) is 0 Å². The van der Waals surface area contributed by atoms with Crippen molar-refractivity contribution in [1.82, 2.24) is 0 Å². The summed E-state index contributed by atoms with van der Waals surface area (Å²) in [4.78, 5) is 12.1. The topological polar surface area (TPSA) is 121 Å². The summed E-state index contributed by atoms with van der Waals surface area (Å²) in [5.41, 5.74) is 0.445. The molecule has 9 heteroatoms. The first-order valence-corrected chi connectivity index (χ1v) is 8.73. The minimum absolute atomic E-state index is 0.175. The lowest BCUT2D eigenvalue weighted by molar-refractivity contribution is 0.0991. The molecule has 1 aromatic heterocycles. The van der Waals surface area contributed by atoms with E-state index in [1.165, 1.54) is 6.07 Å². The molecule has 0 saturated carbocycles. The number of carbonyl (C=O) groups excluding carboxylic acids is 1. The van der Waals surface area contributed by atoms with Gasteiger partial charge in [0.2, 0.25) is 5.09 Å². The number of nitrogens with one attached hydrogen (secondary N) is 1. The van der Waals surface area contributed by atoms with E-state index in [0.717, 1.165) is 6.07 Å². The van der Waals surface area contributed by atoms with E-state index in [4.69, 9.17) is 19.0 Å². The zero-order valence-electron chi connectivity index (χ0n) is 13.2. The van der Waals surface area contributed by atoms with E-state index >= 15 is 0 Å². The third-order valence-corrected chi connectivity index (χ3v) is 3.67. The van der Waals surface area contributed by atoms with Crippen molar-refractivity contribution in [1.29, 1.82) is 0 Å². The predicted octanol–water partition coefficient (Wildman–Crippen LogP) is 1.98. The minimum atomic E-state index is -4.00. The second-order valence-corrected chi connectivity index (χ2v) is 6.14. The van der Waals surface area contributed by atoms with Crippen molar-refractivity contribution in [2.45, 2.75) is 18.9 Å². The molecular formula is C15H18N2O6S. The second kappa shape index (κ2) is 7.37. The van der Waals surface area contributed by atoms with Gasteiger partial charge in [0.15, 0.2) is 17.3 Å². The smallest absolute Gasteiger partial charge is 0.291 e. The van der Waals surface area contributed by atoms with Crippen LogP contribution in [0.5, 0.6) is 11.5 Å². The Kier molecular flexibility index (Phi) is 5.47. The van der Waals surface area contributed by atoms with Gasteiger partial charge in [-0.1, -0.05) is 0 Å². The molecule has 0 unspecified atom stereocenters. The van der Waals surface area contributed by atoms with Gasteiger partial charge in [-0.05, 0) is 38.1 Å². The van der Waals surface area contributed by atoms with E-state index in [-0.39, 0.29) is 5.76 Å². The highest BCUT2D eigenvalue weighted by atomic mass is 32.2. The summed E-state index contributed by atoms with van der Waals surface area (Å²) < 4.78 is 38.2. The van der Waals surface area contributed by atoms with Crippen molar-refractivity contribution < 1.29 is 27.1 Å². The molecule has 8 nitrogen and oxygen atoms in total. The van der Waals surface area contributed by atoms with Crippen LogP contribution in [-0.4, -0.2) is 27.5 Å². The molecule has 0 fully saturated rings. The van der Waals surface area contributed by atoms with Gasteiger partial charge >= 0.3 is 0 Å². The average molecular weight is 354 g/mol. The number of nitrogens with two attached hydrogens (primary N) is 1. The molecule has 0 aliphatic carbocycles. The van der Waals surface area contributed by atoms with Crippen molar-refractivity contribution in [3.05, 3.63) is 36.1 Å². The van der Waals surface area contributed by atoms with Crippen LogP contribution in [-0.2, 0) is 10.0 Å². The number of amides is 1. The number of rotatable bonds is 7. The van der Waals surface area contributed by atoms with Crippen LogP contribution in [0.2, 0.25) is 0 Å². The Morgan fingerprint density at radius 1 is 1.12 bits per heavy atom. The Balaban J connectivity index is 2.19. The lowest BCUT2D eigenvalue weighted by atomic mass is 10.2. The van der Waals surface area contributed by atoms with Crippen LogP contribution < -0.4 is 19.9 Å². The molecule has 0 saturated heterocycles. The number of carbonyl (C=O) groups is 1. The molecule has 1 aromatic carbocycles. The number of benzene rings is 1. The molecule has 0 spiro atoms. The van der Waals surface area contributed by atoms with Gasteiger partial charge in [0.25, 0.3) is 15.9 Å². The van der Waals surface area contributed by atoms with Crippen LogP contribution in [0.15, 0.2) is 39.8 Å². The van der Waals surface area contributed by atoms with Crippen LogP contribution in [0.1, 0.15) is 24.4 Å². The number of anilines is 1. The lowest BCUT2D eigenvalue weighted by Gasteiger charge is -2.12. The van der Waals surface area contributed by atoms with Gasteiger partial charge in [-0.2, -0.15) is 0 Å². The molecular weight excluding hydrogens is 336 g/mol. The largest absolute Gasteiger partial charge is 0.490 e. The van der Waals surface area contributed by atoms with Gasteiger partial charge in [-0.3, -0.25) is 4.79 Å². The summed E-state index contributed by atoms with van der Waals surface area (Å²) in [7, 11) is -4.00. The highest BCUT2D eigenvalue weighted by molar-refractivity contribution is 7.89. The number of ether oxygens (including phenoxy) is 2. The second-order valence-electron chi connectivity index (χ2n) is 4.65. The van der Waals surface area contributed by atoms with Gasteiger partial charge in [-0.15, -0.1) is 0 Å². The number of sulfonamides is 1. The fourth-order valence-corrected chi connectivity index (χ4v) is 2.38. The molecule has 1 heterocycles. The molecule has 0 atom stereocenters. The maximum absolute atomic E-state index is 12.1. The molecule has 2 rings (SSSR count). The maximum atomic E-state index is 12.1. The molecule has 0 bridgehead atoms. The van der Waals surface area contributed by atoms with Crippen LogP contribution in [0.3, 0.4) is 0 Å². The normalized spacial score (nSPS) is 11.1. The number of furan rings is 1. The fraction of sp³-hybridized carbons (Fsp3) is 0.267. The van der Waals surface area contributed by atoms with E-state index in [1.807, 2.05) is 13.8 Å². The van der Waals surface area contributed by atoms with E-state index in [1.54, 1.807) is 18.2 Å². The van der Waals surface area contributed by atoms with Crippen LogP contribution >= 0.6 is 0 Å². The summed E-state index contributed by atoms with van der Waals surface area (Å²) in [5, 5.41) is 7.05. The molecule has 24 heavy (non-hydrogen) atoms. The Bertz CT molecular complexity index is 828. The summed E-state index contributed by atoms with van der Waals surface area (Å²) >= 11 is 0. The summed E-state index contributed by atoms with van der Waals surface area (Å²) in [6.45, 7) is 4.60. The first-order valence-electron chi connectivity index (χ1n) is 7.18. The zero-order chi connectivity index (χ0) is 17.7. The van der Waals surface area contributed by atoms with Gasteiger partial charge in [-0.25, -0.2) is 13.6 Å². The first kappa shape index (κ1) is 17.8. The zero-order valence-corrected chi connectivity index (χ0v) is 14.1. The monoisotopic (exact) mass is 354 g/mol.